The molecule has 0 spiro atoms. The zero-order chi connectivity index (χ0) is 13.8. The summed E-state index contributed by atoms with van der Waals surface area (Å²) in [5.74, 6) is 2.50. The molecule has 3 nitrogen and oxygen atoms in total. The standard InChI is InChI=1S/C15H17NO2S2/c16-12(10-20-15-3-1-8-19-15)11-4-5-13-14(9-11)18-7-2-6-17-13/h1,3-5,8-9,12H,2,6-7,10,16H2. The summed E-state index contributed by atoms with van der Waals surface area (Å²) in [6, 6.07) is 10.2. The third-order valence-corrected chi connectivity index (χ3v) is 5.35. The molecule has 3 rings (SSSR count). The molecule has 2 heterocycles. The Hall–Kier alpha value is -1.17. The van der Waals surface area contributed by atoms with Crippen molar-refractivity contribution in [3.63, 3.8) is 0 Å². The lowest BCUT2D eigenvalue weighted by Crippen LogP contribution is -2.13. The van der Waals surface area contributed by atoms with Gasteiger partial charge in [-0.2, -0.15) is 0 Å². The predicted octanol–water partition coefficient (Wildman–Crippen LogP) is 3.70. The second-order valence-corrected chi connectivity index (χ2v) is 6.87. The first-order valence-electron chi connectivity index (χ1n) is 6.64. The van der Waals surface area contributed by atoms with Crippen LogP contribution in [0.2, 0.25) is 0 Å². The molecule has 106 valence electrons. The Morgan fingerprint density at radius 3 is 2.85 bits per heavy atom. The number of ether oxygens (including phenoxy) is 2. The van der Waals surface area contributed by atoms with Gasteiger partial charge in [-0.1, -0.05) is 12.1 Å². The van der Waals surface area contributed by atoms with E-state index in [0.29, 0.717) is 13.2 Å². The van der Waals surface area contributed by atoms with Crippen molar-refractivity contribution in [1.82, 2.24) is 0 Å². The highest BCUT2D eigenvalue weighted by Gasteiger charge is 2.14. The van der Waals surface area contributed by atoms with E-state index >= 15 is 0 Å². The van der Waals surface area contributed by atoms with Gasteiger partial charge in [-0.3, -0.25) is 0 Å². The minimum Gasteiger partial charge on any atom is -0.490 e. The van der Waals surface area contributed by atoms with Crippen LogP contribution in [-0.4, -0.2) is 19.0 Å². The summed E-state index contributed by atoms with van der Waals surface area (Å²) in [4.78, 5) is 0. The SMILES string of the molecule is NC(CSc1cccs1)c1ccc2c(c1)OCCCO2. The lowest BCUT2D eigenvalue weighted by molar-refractivity contribution is 0.297. The van der Waals surface area contributed by atoms with Gasteiger partial charge in [-0.15, -0.1) is 23.1 Å². The van der Waals surface area contributed by atoms with Crippen molar-refractivity contribution in [1.29, 1.82) is 0 Å². The van der Waals surface area contributed by atoms with Crippen molar-refractivity contribution >= 4 is 23.1 Å². The summed E-state index contributed by atoms with van der Waals surface area (Å²) in [6.07, 6.45) is 0.921. The number of nitrogens with two attached hydrogens (primary N) is 1. The Morgan fingerprint density at radius 1 is 1.20 bits per heavy atom. The molecule has 1 aromatic carbocycles. The Labute approximate surface area is 127 Å². The maximum absolute atomic E-state index is 6.27. The van der Waals surface area contributed by atoms with Crippen LogP contribution in [0.15, 0.2) is 39.9 Å². The number of hydrogen-bond donors (Lipinski definition) is 1. The van der Waals surface area contributed by atoms with E-state index in [1.165, 1.54) is 4.21 Å². The molecule has 2 aromatic rings. The lowest BCUT2D eigenvalue weighted by atomic mass is 10.1. The van der Waals surface area contributed by atoms with Crippen molar-refractivity contribution in [3.8, 4) is 11.5 Å². The van der Waals surface area contributed by atoms with Crippen LogP contribution >= 0.6 is 23.1 Å². The molecule has 0 saturated carbocycles. The molecular formula is C15H17NO2S2. The topological polar surface area (TPSA) is 44.5 Å². The van der Waals surface area contributed by atoms with Gasteiger partial charge in [0.05, 0.1) is 17.4 Å². The second-order valence-electron chi connectivity index (χ2n) is 4.61. The number of hydrogen-bond acceptors (Lipinski definition) is 5. The molecule has 1 aromatic heterocycles. The van der Waals surface area contributed by atoms with E-state index in [9.17, 15) is 0 Å². The number of benzene rings is 1. The van der Waals surface area contributed by atoms with Crippen LogP contribution in [0.5, 0.6) is 11.5 Å². The van der Waals surface area contributed by atoms with E-state index in [1.807, 2.05) is 18.2 Å². The van der Waals surface area contributed by atoms with Crippen molar-refractivity contribution < 1.29 is 9.47 Å². The number of rotatable bonds is 4. The molecule has 0 fully saturated rings. The molecule has 0 amide bonds. The van der Waals surface area contributed by atoms with Gasteiger partial charge in [0.1, 0.15) is 0 Å². The van der Waals surface area contributed by atoms with Crippen LogP contribution in [-0.2, 0) is 0 Å². The minimum absolute atomic E-state index is 0.000692. The van der Waals surface area contributed by atoms with Crippen LogP contribution in [0, 0.1) is 0 Å². The van der Waals surface area contributed by atoms with Crippen LogP contribution < -0.4 is 15.2 Å². The summed E-state index contributed by atoms with van der Waals surface area (Å²) >= 11 is 3.54. The van der Waals surface area contributed by atoms with Crippen molar-refractivity contribution in [2.45, 2.75) is 16.7 Å². The highest BCUT2D eigenvalue weighted by molar-refractivity contribution is 8.01. The molecule has 0 aliphatic carbocycles. The first-order chi connectivity index (χ1) is 9.83. The van der Waals surface area contributed by atoms with Gasteiger partial charge < -0.3 is 15.2 Å². The van der Waals surface area contributed by atoms with E-state index in [0.717, 1.165) is 29.2 Å². The second kappa shape index (κ2) is 6.52. The van der Waals surface area contributed by atoms with Gasteiger partial charge in [0.25, 0.3) is 0 Å². The smallest absolute Gasteiger partial charge is 0.161 e. The molecule has 0 saturated heterocycles. The normalized spacial score (nSPS) is 15.7. The number of thioether (sulfide) groups is 1. The summed E-state index contributed by atoms with van der Waals surface area (Å²) in [6.45, 7) is 1.42. The molecule has 2 N–H and O–H groups in total. The van der Waals surface area contributed by atoms with Gasteiger partial charge in [0.2, 0.25) is 0 Å². The van der Waals surface area contributed by atoms with Crippen molar-refractivity contribution in [2.24, 2.45) is 5.73 Å². The Balaban J connectivity index is 1.68. The first-order valence-corrected chi connectivity index (χ1v) is 8.51. The molecule has 20 heavy (non-hydrogen) atoms. The van der Waals surface area contributed by atoms with E-state index in [4.69, 9.17) is 15.2 Å². The molecule has 0 radical (unpaired) electrons. The fraction of sp³-hybridized carbons (Fsp3) is 0.333. The third-order valence-electron chi connectivity index (χ3n) is 3.10. The van der Waals surface area contributed by atoms with E-state index in [2.05, 4.69) is 17.5 Å². The van der Waals surface area contributed by atoms with Crippen LogP contribution in [0.3, 0.4) is 0 Å². The third kappa shape index (κ3) is 3.29. The fourth-order valence-electron chi connectivity index (χ4n) is 2.02. The van der Waals surface area contributed by atoms with E-state index < -0.39 is 0 Å². The fourth-order valence-corrected chi connectivity index (χ4v) is 3.83. The molecule has 0 bridgehead atoms. The first kappa shape index (κ1) is 13.8. The lowest BCUT2D eigenvalue weighted by Gasteiger charge is -2.14. The Morgan fingerprint density at radius 2 is 2.05 bits per heavy atom. The van der Waals surface area contributed by atoms with Gasteiger partial charge in [0, 0.05) is 18.2 Å². The van der Waals surface area contributed by atoms with E-state index in [1.54, 1.807) is 23.1 Å². The van der Waals surface area contributed by atoms with Crippen LogP contribution in [0.4, 0.5) is 0 Å². The zero-order valence-electron chi connectivity index (χ0n) is 11.1. The highest BCUT2D eigenvalue weighted by Crippen LogP contribution is 2.33. The van der Waals surface area contributed by atoms with Crippen LogP contribution in [0.25, 0.3) is 0 Å². The number of fused-ring (bicyclic) bond motifs is 1. The maximum Gasteiger partial charge on any atom is 0.161 e. The molecule has 1 aliphatic rings. The number of thiophene rings is 1. The molecule has 1 aliphatic heterocycles. The molecule has 1 atom stereocenters. The molecular weight excluding hydrogens is 290 g/mol. The monoisotopic (exact) mass is 307 g/mol. The highest BCUT2D eigenvalue weighted by atomic mass is 32.2. The predicted molar refractivity (Wildman–Crippen MR) is 84.0 cm³/mol. The van der Waals surface area contributed by atoms with Crippen molar-refractivity contribution in [3.05, 3.63) is 41.3 Å². The Kier molecular flexibility index (Phi) is 4.50. The van der Waals surface area contributed by atoms with Crippen LogP contribution in [0.1, 0.15) is 18.0 Å². The van der Waals surface area contributed by atoms with Gasteiger partial charge >= 0.3 is 0 Å². The molecule has 1 unspecified atom stereocenters. The maximum atomic E-state index is 6.27. The van der Waals surface area contributed by atoms with Crippen molar-refractivity contribution in [2.75, 3.05) is 19.0 Å². The summed E-state index contributed by atoms with van der Waals surface area (Å²) in [5, 5.41) is 2.08. The Bertz CT molecular complexity index is 557. The van der Waals surface area contributed by atoms with Gasteiger partial charge in [-0.25, -0.2) is 0 Å². The van der Waals surface area contributed by atoms with Gasteiger partial charge in [-0.05, 0) is 29.1 Å². The summed E-state index contributed by atoms with van der Waals surface area (Å²) < 4.78 is 12.6. The average Bonchev–Trinajstić information content (AvgIpc) is 2.88. The summed E-state index contributed by atoms with van der Waals surface area (Å²) in [5.41, 5.74) is 7.37. The quantitative estimate of drug-likeness (QED) is 0.875. The van der Waals surface area contributed by atoms with Gasteiger partial charge in [0.15, 0.2) is 11.5 Å². The average molecular weight is 307 g/mol. The summed E-state index contributed by atoms with van der Waals surface area (Å²) in [7, 11) is 0. The van der Waals surface area contributed by atoms with E-state index in [-0.39, 0.29) is 6.04 Å². The molecule has 5 heteroatoms. The largest absolute Gasteiger partial charge is 0.490 e. The zero-order valence-corrected chi connectivity index (χ0v) is 12.7. The minimum atomic E-state index is -0.000692.